The van der Waals surface area contributed by atoms with Crippen molar-refractivity contribution in [1.82, 2.24) is 4.90 Å². The van der Waals surface area contributed by atoms with Crippen molar-refractivity contribution >= 4 is 79.7 Å². The topological polar surface area (TPSA) is 75.7 Å². The Hall–Kier alpha value is -2.78. The molecule has 6 nitrogen and oxygen atoms in total. The van der Waals surface area contributed by atoms with Gasteiger partial charge in [0.2, 0.25) is 0 Å². The summed E-state index contributed by atoms with van der Waals surface area (Å²) in [4.78, 5) is 38.9. The molecule has 3 amide bonds. The van der Waals surface area contributed by atoms with Crippen molar-refractivity contribution in [2.45, 2.75) is 6.54 Å². The molecule has 3 aromatic rings. The maximum absolute atomic E-state index is 12.8. The fourth-order valence-electron chi connectivity index (χ4n) is 3.19. The summed E-state index contributed by atoms with van der Waals surface area (Å²) < 4.78 is 6.20. The first-order valence-corrected chi connectivity index (χ1v) is 12.6. The number of ether oxygens (including phenoxy) is 1. The van der Waals surface area contributed by atoms with Gasteiger partial charge < -0.3 is 10.1 Å². The maximum atomic E-state index is 12.8. The minimum Gasteiger partial charge on any atom is -0.483 e. The van der Waals surface area contributed by atoms with E-state index < -0.39 is 5.91 Å². The van der Waals surface area contributed by atoms with E-state index in [9.17, 15) is 14.4 Å². The monoisotopic (exact) mass is 590 g/mol. The van der Waals surface area contributed by atoms with Gasteiger partial charge in [-0.1, -0.05) is 53.5 Å². The summed E-state index contributed by atoms with van der Waals surface area (Å²) in [5.41, 5.74) is 2.00. The normalized spacial score (nSPS) is 14.5. The molecule has 1 fully saturated rings. The summed E-state index contributed by atoms with van der Waals surface area (Å²) in [6.45, 7) is -0.113. The van der Waals surface area contributed by atoms with E-state index in [1.54, 1.807) is 54.6 Å². The van der Waals surface area contributed by atoms with E-state index in [0.29, 0.717) is 42.0 Å². The molecule has 178 valence electrons. The van der Waals surface area contributed by atoms with Gasteiger partial charge in [0, 0.05) is 15.7 Å². The molecule has 0 atom stereocenters. The quantitative estimate of drug-likeness (QED) is 0.299. The average molecular weight is 592 g/mol. The second kappa shape index (κ2) is 11.3. The Morgan fingerprint density at radius 1 is 1.06 bits per heavy atom. The Bertz CT molecular complexity index is 1330. The van der Waals surface area contributed by atoms with Gasteiger partial charge in [-0.25, -0.2) is 0 Å². The number of nitrogens with zero attached hydrogens (tertiary/aromatic N) is 1. The van der Waals surface area contributed by atoms with E-state index in [2.05, 4.69) is 21.2 Å². The third-order valence-electron chi connectivity index (χ3n) is 4.89. The first-order valence-electron chi connectivity index (χ1n) is 10.3. The largest absolute Gasteiger partial charge is 0.483 e. The molecule has 4 rings (SSSR count). The molecule has 0 aliphatic carbocycles. The third-order valence-corrected chi connectivity index (χ3v) is 7.00. The predicted octanol–water partition coefficient (Wildman–Crippen LogP) is 7.01. The predicted molar refractivity (Wildman–Crippen MR) is 143 cm³/mol. The Morgan fingerprint density at radius 3 is 2.54 bits per heavy atom. The number of halogens is 3. The molecule has 1 aliphatic heterocycles. The van der Waals surface area contributed by atoms with Gasteiger partial charge in [-0.3, -0.25) is 19.3 Å². The van der Waals surface area contributed by atoms with Crippen LogP contribution in [0.4, 0.5) is 10.5 Å². The average Bonchev–Trinajstić information content (AvgIpc) is 3.08. The van der Waals surface area contributed by atoms with E-state index >= 15 is 0 Å². The number of benzene rings is 3. The Labute approximate surface area is 224 Å². The number of hydrogen-bond donors (Lipinski definition) is 1. The number of anilines is 1. The van der Waals surface area contributed by atoms with E-state index in [4.69, 9.17) is 27.9 Å². The van der Waals surface area contributed by atoms with Crippen LogP contribution in [0.15, 0.2) is 76.1 Å². The lowest BCUT2D eigenvalue weighted by atomic mass is 10.2. The van der Waals surface area contributed by atoms with Gasteiger partial charge in [0.05, 0.1) is 15.9 Å². The van der Waals surface area contributed by atoms with Crippen molar-refractivity contribution in [3.63, 3.8) is 0 Å². The fourth-order valence-corrected chi connectivity index (χ4v) is 5.01. The van der Waals surface area contributed by atoms with Crippen molar-refractivity contribution < 1.29 is 19.1 Å². The molecule has 0 unspecified atom stereocenters. The zero-order chi connectivity index (χ0) is 24.9. The number of imide groups is 1. The number of amides is 3. The second-order valence-corrected chi connectivity index (χ2v) is 10.1. The van der Waals surface area contributed by atoms with Gasteiger partial charge in [-0.05, 0) is 81.3 Å². The number of hydrogen-bond acceptors (Lipinski definition) is 5. The third kappa shape index (κ3) is 6.46. The van der Waals surface area contributed by atoms with Crippen LogP contribution >= 0.6 is 50.9 Å². The number of carbonyl (C=O) groups is 3. The highest BCUT2D eigenvalue weighted by atomic mass is 79.9. The van der Waals surface area contributed by atoms with Crippen molar-refractivity contribution in [3.05, 3.63) is 97.3 Å². The van der Waals surface area contributed by atoms with E-state index in [0.717, 1.165) is 16.7 Å². The lowest BCUT2D eigenvalue weighted by molar-refractivity contribution is -0.123. The summed E-state index contributed by atoms with van der Waals surface area (Å²) in [5.74, 6) is -0.225. The zero-order valence-corrected chi connectivity index (χ0v) is 21.9. The van der Waals surface area contributed by atoms with Gasteiger partial charge in [0.25, 0.3) is 17.1 Å². The molecule has 1 heterocycles. The molecule has 0 radical (unpaired) electrons. The molecular weight excluding hydrogens is 575 g/mol. The molecule has 1 N–H and O–H groups in total. The maximum Gasteiger partial charge on any atom is 0.293 e. The summed E-state index contributed by atoms with van der Waals surface area (Å²) >= 11 is 16.4. The van der Waals surface area contributed by atoms with Crippen LogP contribution in [0, 0.1) is 0 Å². The first kappa shape index (κ1) is 25.3. The molecule has 0 bridgehead atoms. The molecule has 1 saturated heterocycles. The number of carbonyl (C=O) groups excluding carboxylic acids is 3. The molecule has 35 heavy (non-hydrogen) atoms. The van der Waals surface area contributed by atoms with Gasteiger partial charge >= 0.3 is 0 Å². The molecule has 0 saturated carbocycles. The van der Waals surface area contributed by atoms with Crippen LogP contribution in [-0.2, 0) is 16.1 Å². The molecular formula is C25H17BrCl2N2O4S. The summed E-state index contributed by atoms with van der Waals surface area (Å²) in [7, 11) is 0. The standard InChI is InChI=1S/C25H17BrCl2N2O4S/c26-19-10-15(6-9-21(19)34-14-23(31)29-18-4-2-1-3-5-18)11-22-24(32)30(25(33)35-22)13-16-7-8-17(27)12-20(16)28/h1-12H,13-14H2,(H,29,31)/b22-11-. The Kier molecular flexibility index (Phi) is 8.18. The van der Waals surface area contributed by atoms with Crippen LogP contribution in [-0.4, -0.2) is 28.6 Å². The summed E-state index contributed by atoms with van der Waals surface area (Å²) in [5, 5.41) is 3.23. The highest BCUT2D eigenvalue weighted by Crippen LogP contribution is 2.35. The molecule has 0 spiro atoms. The second-order valence-electron chi connectivity index (χ2n) is 7.40. The van der Waals surface area contributed by atoms with Gasteiger partial charge in [-0.2, -0.15) is 0 Å². The number of thioether (sulfide) groups is 1. The number of rotatable bonds is 7. The van der Waals surface area contributed by atoms with E-state index in [1.165, 1.54) is 0 Å². The van der Waals surface area contributed by atoms with Gasteiger partial charge in [0.15, 0.2) is 6.61 Å². The fraction of sp³-hybridized carbons (Fsp3) is 0.0800. The van der Waals surface area contributed by atoms with Crippen LogP contribution in [0.25, 0.3) is 6.08 Å². The smallest absolute Gasteiger partial charge is 0.293 e. The summed E-state index contributed by atoms with van der Waals surface area (Å²) in [6.07, 6.45) is 1.63. The van der Waals surface area contributed by atoms with Gasteiger partial charge in [-0.15, -0.1) is 0 Å². The molecule has 0 aromatic heterocycles. The van der Waals surface area contributed by atoms with Crippen molar-refractivity contribution in [1.29, 1.82) is 0 Å². The van der Waals surface area contributed by atoms with Crippen LogP contribution < -0.4 is 10.1 Å². The number of nitrogens with one attached hydrogen (secondary N) is 1. The number of para-hydroxylation sites is 1. The lowest BCUT2D eigenvalue weighted by Crippen LogP contribution is -2.27. The van der Waals surface area contributed by atoms with E-state index in [-0.39, 0.29) is 24.3 Å². The van der Waals surface area contributed by atoms with Crippen molar-refractivity contribution in [2.24, 2.45) is 0 Å². The molecule has 1 aliphatic rings. The highest BCUT2D eigenvalue weighted by Gasteiger charge is 2.35. The van der Waals surface area contributed by atoms with Crippen molar-refractivity contribution in [2.75, 3.05) is 11.9 Å². The van der Waals surface area contributed by atoms with Crippen LogP contribution in [0.1, 0.15) is 11.1 Å². The minimum atomic E-state index is -0.403. The summed E-state index contributed by atoms with van der Waals surface area (Å²) in [6, 6.07) is 19.2. The lowest BCUT2D eigenvalue weighted by Gasteiger charge is -2.13. The Morgan fingerprint density at radius 2 is 1.83 bits per heavy atom. The SMILES string of the molecule is O=C(COc1ccc(/C=C2\SC(=O)N(Cc3ccc(Cl)cc3Cl)C2=O)cc1Br)Nc1ccccc1. The zero-order valence-electron chi connectivity index (χ0n) is 18.0. The molecule has 10 heteroatoms. The highest BCUT2D eigenvalue weighted by molar-refractivity contribution is 9.10. The van der Waals surface area contributed by atoms with Crippen LogP contribution in [0.3, 0.4) is 0 Å². The van der Waals surface area contributed by atoms with Crippen LogP contribution in [0.5, 0.6) is 5.75 Å². The molecule has 3 aromatic carbocycles. The first-order chi connectivity index (χ1) is 16.8. The van der Waals surface area contributed by atoms with Crippen molar-refractivity contribution in [3.8, 4) is 5.75 Å². The Balaban J connectivity index is 1.40. The van der Waals surface area contributed by atoms with E-state index in [1.807, 2.05) is 18.2 Å². The van der Waals surface area contributed by atoms with Crippen LogP contribution in [0.2, 0.25) is 10.0 Å². The minimum absolute atomic E-state index is 0.0551. The van der Waals surface area contributed by atoms with Gasteiger partial charge in [0.1, 0.15) is 5.75 Å².